The molecule has 0 radical (unpaired) electrons. The molecule has 0 aliphatic heterocycles. The van der Waals surface area contributed by atoms with Crippen LogP contribution < -0.4 is 10.6 Å². The van der Waals surface area contributed by atoms with E-state index in [4.69, 9.17) is 0 Å². The number of benzene rings is 1. The molecule has 2 aliphatic carbocycles. The van der Waals surface area contributed by atoms with Gasteiger partial charge < -0.3 is 15.7 Å². The number of nitrogens with one attached hydrogen (secondary N) is 2. The average Bonchev–Trinajstić information content (AvgIpc) is 3.12. The molecule has 1 aromatic rings. The fourth-order valence-corrected chi connectivity index (χ4v) is 4.50. The minimum Gasteiger partial charge on any atom is -0.396 e. The highest BCUT2D eigenvalue weighted by Gasteiger charge is 2.47. The lowest BCUT2D eigenvalue weighted by Crippen LogP contribution is -2.48. The molecule has 0 heterocycles. The Kier molecular flexibility index (Phi) is 4.90. The molecule has 5 heteroatoms. The van der Waals surface area contributed by atoms with Crippen LogP contribution in [-0.2, 0) is 4.79 Å². The third-order valence-electron chi connectivity index (χ3n) is 5.52. The predicted octanol–water partition coefficient (Wildman–Crippen LogP) is 1.56. The van der Waals surface area contributed by atoms with Crippen molar-refractivity contribution in [1.82, 2.24) is 10.6 Å². The van der Waals surface area contributed by atoms with Crippen LogP contribution in [0.2, 0.25) is 0 Å². The van der Waals surface area contributed by atoms with E-state index in [9.17, 15) is 14.7 Å². The Hall–Kier alpha value is -1.88. The average molecular weight is 330 g/mol. The van der Waals surface area contributed by atoms with E-state index in [-0.39, 0.29) is 36.9 Å². The first-order chi connectivity index (χ1) is 11.5. The van der Waals surface area contributed by atoms with Gasteiger partial charge in [0.2, 0.25) is 5.91 Å². The van der Waals surface area contributed by atoms with Crippen molar-refractivity contribution in [2.45, 2.75) is 39.2 Å². The molecule has 2 amide bonds. The number of carbonyl (C=O) groups excluding carboxylic acids is 2. The van der Waals surface area contributed by atoms with Crippen LogP contribution in [0.3, 0.4) is 0 Å². The van der Waals surface area contributed by atoms with E-state index in [0.717, 1.165) is 30.4 Å². The van der Waals surface area contributed by atoms with Gasteiger partial charge in [-0.2, -0.15) is 0 Å². The van der Waals surface area contributed by atoms with Crippen LogP contribution in [-0.4, -0.2) is 36.1 Å². The highest BCUT2D eigenvalue weighted by atomic mass is 16.3. The zero-order valence-corrected chi connectivity index (χ0v) is 14.3. The van der Waals surface area contributed by atoms with Crippen LogP contribution >= 0.6 is 0 Å². The van der Waals surface area contributed by atoms with Crippen molar-refractivity contribution in [3.8, 4) is 0 Å². The maximum absolute atomic E-state index is 12.2. The molecule has 24 heavy (non-hydrogen) atoms. The van der Waals surface area contributed by atoms with Gasteiger partial charge in [-0.3, -0.25) is 9.59 Å². The Morgan fingerprint density at radius 3 is 2.46 bits per heavy atom. The molecule has 4 atom stereocenters. The van der Waals surface area contributed by atoms with Crippen LogP contribution in [0.15, 0.2) is 18.2 Å². The third kappa shape index (κ3) is 3.46. The van der Waals surface area contributed by atoms with Crippen LogP contribution in [0.1, 0.15) is 40.7 Å². The van der Waals surface area contributed by atoms with Crippen molar-refractivity contribution in [2.24, 2.45) is 17.8 Å². The molecule has 0 spiro atoms. The van der Waals surface area contributed by atoms with Gasteiger partial charge in [0.1, 0.15) is 0 Å². The molecule has 1 aromatic carbocycles. The molecule has 0 aromatic heterocycles. The van der Waals surface area contributed by atoms with E-state index in [1.807, 2.05) is 32.0 Å². The fraction of sp³-hybridized carbons (Fsp3) is 0.579. The van der Waals surface area contributed by atoms with Crippen LogP contribution in [0, 0.1) is 31.6 Å². The van der Waals surface area contributed by atoms with E-state index < -0.39 is 0 Å². The summed E-state index contributed by atoms with van der Waals surface area (Å²) in [4.78, 5) is 24.4. The molecule has 3 N–H and O–H groups in total. The molecular weight excluding hydrogens is 304 g/mol. The highest BCUT2D eigenvalue weighted by molar-refractivity contribution is 5.96. The summed E-state index contributed by atoms with van der Waals surface area (Å²) >= 11 is 0. The first-order valence-corrected chi connectivity index (χ1v) is 8.74. The molecule has 2 bridgehead atoms. The summed E-state index contributed by atoms with van der Waals surface area (Å²) in [6.45, 7) is 3.99. The third-order valence-corrected chi connectivity index (χ3v) is 5.52. The van der Waals surface area contributed by atoms with Crippen molar-refractivity contribution >= 4 is 11.8 Å². The van der Waals surface area contributed by atoms with Gasteiger partial charge in [0.05, 0.1) is 6.54 Å². The van der Waals surface area contributed by atoms with Crippen LogP contribution in [0.25, 0.3) is 0 Å². The molecule has 0 saturated heterocycles. The molecular formula is C19H26N2O3. The highest BCUT2D eigenvalue weighted by Crippen LogP contribution is 2.48. The SMILES string of the molecule is Cc1cc(C)cc(C(=O)NCC(=O)NC2C3CCC(C3)C2CO)c1. The summed E-state index contributed by atoms with van der Waals surface area (Å²) < 4.78 is 0. The second-order valence-corrected chi connectivity index (χ2v) is 7.33. The summed E-state index contributed by atoms with van der Waals surface area (Å²) in [6, 6.07) is 5.70. The topological polar surface area (TPSA) is 78.4 Å². The lowest BCUT2D eigenvalue weighted by Gasteiger charge is -2.30. The second kappa shape index (κ2) is 6.93. The molecule has 5 nitrogen and oxygen atoms in total. The Morgan fingerprint density at radius 1 is 1.12 bits per heavy atom. The predicted molar refractivity (Wildman–Crippen MR) is 91.6 cm³/mol. The Balaban J connectivity index is 1.53. The van der Waals surface area contributed by atoms with E-state index in [0.29, 0.717) is 17.4 Å². The number of amides is 2. The molecule has 130 valence electrons. The normalized spacial score (nSPS) is 28.0. The fourth-order valence-electron chi connectivity index (χ4n) is 4.50. The Bertz CT molecular complexity index is 623. The van der Waals surface area contributed by atoms with Crippen LogP contribution in [0.4, 0.5) is 0 Å². The summed E-state index contributed by atoms with van der Waals surface area (Å²) in [7, 11) is 0. The quantitative estimate of drug-likeness (QED) is 0.766. The van der Waals surface area contributed by atoms with Gasteiger partial charge in [0.25, 0.3) is 5.91 Å². The molecule has 2 aliphatic rings. The first-order valence-electron chi connectivity index (χ1n) is 8.74. The number of aliphatic hydroxyl groups excluding tert-OH is 1. The number of rotatable bonds is 5. The number of aliphatic hydroxyl groups is 1. The van der Waals surface area contributed by atoms with E-state index >= 15 is 0 Å². The molecule has 4 unspecified atom stereocenters. The second-order valence-electron chi connectivity index (χ2n) is 7.33. The summed E-state index contributed by atoms with van der Waals surface area (Å²) in [5.41, 5.74) is 2.63. The van der Waals surface area contributed by atoms with Crippen molar-refractivity contribution in [3.63, 3.8) is 0 Å². The molecule has 3 rings (SSSR count). The molecule has 2 fully saturated rings. The van der Waals surface area contributed by atoms with Gasteiger partial charge in [0.15, 0.2) is 0 Å². The zero-order valence-electron chi connectivity index (χ0n) is 14.3. The van der Waals surface area contributed by atoms with Crippen molar-refractivity contribution in [1.29, 1.82) is 0 Å². The van der Waals surface area contributed by atoms with Crippen molar-refractivity contribution < 1.29 is 14.7 Å². The van der Waals surface area contributed by atoms with Crippen LogP contribution in [0.5, 0.6) is 0 Å². The number of hydrogen-bond acceptors (Lipinski definition) is 3. The Morgan fingerprint density at radius 2 is 1.79 bits per heavy atom. The van der Waals surface area contributed by atoms with Gasteiger partial charge in [0, 0.05) is 24.1 Å². The number of hydrogen-bond donors (Lipinski definition) is 3. The lowest BCUT2D eigenvalue weighted by atomic mass is 9.85. The smallest absolute Gasteiger partial charge is 0.251 e. The summed E-state index contributed by atoms with van der Waals surface area (Å²) in [5, 5.41) is 15.3. The van der Waals surface area contributed by atoms with Gasteiger partial charge in [-0.1, -0.05) is 17.2 Å². The van der Waals surface area contributed by atoms with Crippen molar-refractivity contribution in [2.75, 3.05) is 13.2 Å². The standard InChI is InChI=1S/C19H26N2O3/c1-11-5-12(2)7-15(6-11)19(24)20-9-17(23)21-18-14-4-3-13(8-14)16(18)10-22/h5-7,13-14,16,18,22H,3-4,8-10H2,1-2H3,(H,20,24)(H,21,23). The molecule has 2 saturated carbocycles. The number of carbonyl (C=O) groups is 2. The monoisotopic (exact) mass is 330 g/mol. The maximum Gasteiger partial charge on any atom is 0.251 e. The van der Waals surface area contributed by atoms with E-state index in [2.05, 4.69) is 10.6 Å². The summed E-state index contributed by atoms with van der Waals surface area (Å²) in [6.07, 6.45) is 3.39. The minimum absolute atomic E-state index is 0.0299. The Labute approximate surface area is 142 Å². The van der Waals surface area contributed by atoms with Gasteiger partial charge in [-0.15, -0.1) is 0 Å². The number of fused-ring (bicyclic) bond motifs is 2. The maximum atomic E-state index is 12.2. The van der Waals surface area contributed by atoms with Gasteiger partial charge in [-0.25, -0.2) is 0 Å². The number of aryl methyl sites for hydroxylation is 2. The van der Waals surface area contributed by atoms with E-state index in [1.54, 1.807) is 0 Å². The lowest BCUT2D eigenvalue weighted by molar-refractivity contribution is -0.121. The van der Waals surface area contributed by atoms with Gasteiger partial charge >= 0.3 is 0 Å². The van der Waals surface area contributed by atoms with E-state index in [1.165, 1.54) is 0 Å². The summed E-state index contributed by atoms with van der Waals surface area (Å²) in [5.74, 6) is 0.775. The largest absolute Gasteiger partial charge is 0.396 e. The zero-order chi connectivity index (χ0) is 17.3. The minimum atomic E-state index is -0.233. The van der Waals surface area contributed by atoms with Crippen molar-refractivity contribution in [3.05, 3.63) is 34.9 Å². The first kappa shape index (κ1) is 17.0. The van der Waals surface area contributed by atoms with Gasteiger partial charge in [-0.05, 0) is 57.1 Å².